The molecule has 3 rings (SSSR count). The Morgan fingerprint density at radius 3 is 2.42 bits per heavy atom. The van der Waals surface area contributed by atoms with Gasteiger partial charge in [0, 0.05) is 0 Å². The number of hydrogen-bond acceptors (Lipinski definition) is 5. The van der Waals surface area contributed by atoms with E-state index in [0.717, 1.165) is 11.1 Å². The first-order chi connectivity index (χ1) is 12.5. The van der Waals surface area contributed by atoms with Crippen LogP contribution in [-0.4, -0.2) is 22.8 Å². The quantitative estimate of drug-likeness (QED) is 0.439. The summed E-state index contributed by atoms with van der Waals surface area (Å²) in [6.45, 7) is 4.09. The lowest BCUT2D eigenvalue weighted by atomic mass is 10.1. The number of hydrogen-bond donors (Lipinski definition) is 0. The fourth-order valence-corrected chi connectivity index (χ4v) is 3.76. The van der Waals surface area contributed by atoms with Gasteiger partial charge in [0.25, 0.3) is 5.91 Å². The molecule has 0 bridgehead atoms. The van der Waals surface area contributed by atoms with E-state index < -0.39 is 0 Å². The Hall–Kier alpha value is -2.44. The first kappa shape index (κ1) is 18.4. The van der Waals surface area contributed by atoms with Crippen molar-refractivity contribution in [2.24, 2.45) is 0 Å². The monoisotopic (exact) mass is 383 g/mol. The van der Waals surface area contributed by atoms with Crippen LogP contribution >= 0.6 is 24.0 Å². The lowest BCUT2D eigenvalue weighted by Crippen LogP contribution is -2.27. The average molecular weight is 383 g/mol. The summed E-state index contributed by atoms with van der Waals surface area (Å²) in [6, 6.07) is 14.6. The van der Waals surface area contributed by atoms with E-state index in [0.29, 0.717) is 27.1 Å². The van der Waals surface area contributed by atoms with E-state index in [-0.39, 0.29) is 11.9 Å². The second kappa shape index (κ2) is 7.85. The van der Waals surface area contributed by atoms with Crippen LogP contribution in [0.4, 0.5) is 5.69 Å². The summed E-state index contributed by atoms with van der Waals surface area (Å²) >= 11 is 6.65. The van der Waals surface area contributed by atoms with Gasteiger partial charge in [0.1, 0.15) is 0 Å². The Labute approximate surface area is 161 Å². The van der Waals surface area contributed by atoms with Crippen molar-refractivity contribution in [3.63, 3.8) is 0 Å². The summed E-state index contributed by atoms with van der Waals surface area (Å²) in [7, 11) is 0. The summed E-state index contributed by atoms with van der Waals surface area (Å²) < 4.78 is 5.44. The SMILES string of the molecule is CCOC(=O)c1ccc(N2C(=O)/C(=C/c3ccc(C)cc3)SC2=S)cc1. The largest absolute Gasteiger partial charge is 0.462 e. The molecule has 1 saturated heterocycles. The van der Waals surface area contributed by atoms with Crippen molar-refractivity contribution in [3.05, 3.63) is 70.1 Å². The Bertz CT molecular complexity index is 886. The van der Waals surface area contributed by atoms with Crippen LogP contribution in [0.5, 0.6) is 0 Å². The summed E-state index contributed by atoms with van der Waals surface area (Å²) in [5.74, 6) is -0.548. The second-order valence-corrected chi connectivity index (χ2v) is 7.37. The number of benzene rings is 2. The first-order valence-corrected chi connectivity index (χ1v) is 9.34. The van der Waals surface area contributed by atoms with E-state index in [2.05, 4.69) is 0 Å². The fourth-order valence-electron chi connectivity index (χ4n) is 2.47. The van der Waals surface area contributed by atoms with Crippen LogP contribution in [0.3, 0.4) is 0 Å². The Morgan fingerprint density at radius 1 is 1.15 bits per heavy atom. The maximum Gasteiger partial charge on any atom is 0.338 e. The molecule has 6 heteroatoms. The van der Waals surface area contributed by atoms with Gasteiger partial charge in [-0.2, -0.15) is 0 Å². The number of nitrogens with zero attached hydrogens (tertiary/aromatic N) is 1. The van der Waals surface area contributed by atoms with Crippen molar-refractivity contribution in [1.29, 1.82) is 0 Å². The molecule has 1 amide bonds. The molecule has 0 atom stereocenters. The van der Waals surface area contributed by atoms with E-state index in [9.17, 15) is 9.59 Å². The predicted molar refractivity (Wildman–Crippen MR) is 109 cm³/mol. The molecule has 0 aliphatic carbocycles. The van der Waals surface area contributed by atoms with Crippen LogP contribution in [0.1, 0.15) is 28.4 Å². The molecule has 2 aromatic carbocycles. The zero-order valence-electron chi connectivity index (χ0n) is 14.4. The molecule has 0 unspecified atom stereocenters. The van der Waals surface area contributed by atoms with Gasteiger partial charge in [-0.1, -0.05) is 53.8 Å². The molecule has 1 heterocycles. The number of amides is 1. The van der Waals surface area contributed by atoms with Crippen LogP contribution in [-0.2, 0) is 9.53 Å². The number of ether oxygens (including phenoxy) is 1. The van der Waals surface area contributed by atoms with Crippen LogP contribution < -0.4 is 4.90 Å². The van der Waals surface area contributed by atoms with Crippen molar-refractivity contribution in [2.45, 2.75) is 13.8 Å². The Balaban J connectivity index is 1.83. The van der Waals surface area contributed by atoms with Gasteiger partial charge in [-0.25, -0.2) is 4.79 Å². The number of carbonyl (C=O) groups is 2. The molecule has 2 aromatic rings. The van der Waals surface area contributed by atoms with E-state index in [1.807, 2.05) is 37.3 Å². The number of rotatable bonds is 4. The van der Waals surface area contributed by atoms with Crippen LogP contribution in [0.2, 0.25) is 0 Å². The minimum Gasteiger partial charge on any atom is -0.462 e. The number of thiocarbonyl (C=S) groups is 1. The van der Waals surface area contributed by atoms with E-state index >= 15 is 0 Å². The third-order valence-electron chi connectivity index (χ3n) is 3.81. The molecule has 26 heavy (non-hydrogen) atoms. The molecule has 132 valence electrons. The van der Waals surface area contributed by atoms with Crippen molar-refractivity contribution < 1.29 is 14.3 Å². The number of carbonyl (C=O) groups excluding carboxylic acids is 2. The third kappa shape index (κ3) is 3.86. The second-order valence-electron chi connectivity index (χ2n) is 5.70. The fraction of sp³-hybridized carbons (Fsp3) is 0.150. The Morgan fingerprint density at radius 2 is 1.81 bits per heavy atom. The topological polar surface area (TPSA) is 46.6 Å². The lowest BCUT2D eigenvalue weighted by Gasteiger charge is -2.14. The molecule has 0 radical (unpaired) electrons. The van der Waals surface area contributed by atoms with Crippen molar-refractivity contribution in [2.75, 3.05) is 11.5 Å². The molecule has 1 aliphatic rings. The van der Waals surface area contributed by atoms with E-state index in [1.165, 1.54) is 16.7 Å². The average Bonchev–Trinajstić information content (AvgIpc) is 2.91. The highest BCUT2D eigenvalue weighted by molar-refractivity contribution is 8.27. The highest BCUT2D eigenvalue weighted by Crippen LogP contribution is 2.36. The molecular formula is C20H17NO3S2. The molecule has 4 nitrogen and oxygen atoms in total. The number of thioether (sulfide) groups is 1. The molecule has 0 aromatic heterocycles. The predicted octanol–water partition coefficient (Wildman–Crippen LogP) is 4.58. The highest BCUT2D eigenvalue weighted by Gasteiger charge is 2.33. The Kier molecular flexibility index (Phi) is 5.54. The first-order valence-electron chi connectivity index (χ1n) is 8.11. The normalized spacial score (nSPS) is 15.6. The lowest BCUT2D eigenvalue weighted by molar-refractivity contribution is -0.113. The third-order valence-corrected chi connectivity index (χ3v) is 5.11. The van der Waals surface area contributed by atoms with Gasteiger partial charge < -0.3 is 4.74 Å². The summed E-state index contributed by atoms with van der Waals surface area (Å²) in [6.07, 6.45) is 1.84. The number of esters is 1. The number of aryl methyl sites for hydroxylation is 1. The van der Waals surface area contributed by atoms with Gasteiger partial charge >= 0.3 is 5.97 Å². The molecule has 0 saturated carbocycles. The van der Waals surface area contributed by atoms with E-state index in [4.69, 9.17) is 17.0 Å². The van der Waals surface area contributed by atoms with Crippen molar-refractivity contribution >= 4 is 51.9 Å². The van der Waals surface area contributed by atoms with Gasteiger partial charge in [-0.3, -0.25) is 9.69 Å². The van der Waals surface area contributed by atoms with Crippen LogP contribution in [0, 0.1) is 6.92 Å². The van der Waals surface area contributed by atoms with Crippen molar-refractivity contribution in [3.8, 4) is 0 Å². The summed E-state index contributed by atoms with van der Waals surface area (Å²) in [4.78, 5) is 26.6. The molecule has 0 spiro atoms. The van der Waals surface area contributed by atoms with Crippen molar-refractivity contribution in [1.82, 2.24) is 0 Å². The molecule has 1 aliphatic heterocycles. The van der Waals surface area contributed by atoms with Gasteiger partial charge in [-0.05, 0) is 49.8 Å². The smallest absolute Gasteiger partial charge is 0.338 e. The van der Waals surface area contributed by atoms with E-state index in [1.54, 1.807) is 31.2 Å². The van der Waals surface area contributed by atoms with Crippen LogP contribution in [0.25, 0.3) is 6.08 Å². The zero-order valence-corrected chi connectivity index (χ0v) is 16.0. The van der Waals surface area contributed by atoms with Crippen LogP contribution in [0.15, 0.2) is 53.4 Å². The minimum absolute atomic E-state index is 0.163. The zero-order chi connectivity index (χ0) is 18.7. The summed E-state index contributed by atoms with van der Waals surface area (Å²) in [5.41, 5.74) is 3.19. The maximum atomic E-state index is 12.8. The number of anilines is 1. The molecule has 0 N–H and O–H groups in total. The minimum atomic E-state index is -0.385. The molecule has 1 fully saturated rings. The van der Waals surface area contributed by atoms with Gasteiger partial charge in [0.15, 0.2) is 4.32 Å². The highest BCUT2D eigenvalue weighted by atomic mass is 32.2. The van der Waals surface area contributed by atoms with Gasteiger partial charge in [0.2, 0.25) is 0 Å². The maximum absolute atomic E-state index is 12.8. The van der Waals surface area contributed by atoms with Gasteiger partial charge in [-0.15, -0.1) is 0 Å². The van der Waals surface area contributed by atoms with Gasteiger partial charge in [0.05, 0.1) is 22.8 Å². The molecular weight excluding hydrogens is 366 g/mol. The summed E-state index contributed by atoms with van der Waals surface area (Å²) in [5, 5.41) is 0. The standard InChI is InChI=1S/C20H17NO3S2/c1-3-24-19(23)15-8-10-16(11-9-15)21-18(22)17(26-20(21)25)12-14-6-4-13(2)5-7-14/h4-12H,3H2,1-2H3/b17-12-.